The van der Waals surface area contributed by atoms with Crippen molar-refractivity contribution in [3.05, 3.63) is 29.6 Å². The molecule has 0 amide bonds. The molecule has 0 aliphatic heterocycles. The second-order valence-corrected chi connectivity index (χ2v) is 3.77. The Labute approximate surface area is 82.4 Å². The van der Waals surface area contributed by atoms with Gasteiger partial charge in [0.05, 0.1) is 17.3 Å². The number of benzene rings is 1. The minimum absolute atomic E-state index is 0.344. The summed E-state index contributed by atoms with van der Waals surface area (Å²) in [6, 6.07) is 6.81. The van der Waals surface area contributed by atoms with E-state index in [0.717, 1.165) is 6.42 Å². The van der Waals surface area contributed by atoms with Gasteiger partial charge in [-0.05, 0) is 30.5 Å². The predicted molar refractivity (Wildman–Crippen MR) is 52.3 cm³/mol. The van der Waals surface area contributed by atoms with Crippen LogP contribution in [-0.4, -0.2) is 6.04 Å². The van der Waals surface area contributed by atoms with E-state index in [2.05, 4.69) is 12.2 Å². The Balaban J connectivity index is 2.15. The molecular formula is C11H11FN2. The second kappa shape index (κ2) is 3.30. The quantitative estimate of drug-likeness (QED) is 0.777. The second-order valence-electron chi connectivity index (χ2n) is 3.77. The number of nitrogens with zero attached hydrogens (tertiary/aromatic N) is 1. The fourth-order valence-electron chi connectivity index (χ4n) is 1.42. The molecule has 0 aromatic heterocycles. The summed E-state index contributed by atoms with van der Waals surface area (Å²) in [5.74, 6) is 0.285. The summed E-state index contributed by atoms with van der Waals surface area (Å²) in [6.07, 6.45) is 1.10. The van der Waals surface area contributed by atoms with Crippen molar-refractivity contribution >= 4 is 5.69 Å². The van der Waals surface area contributed by atoms with Crippen molar-refractivity contribution in [2.45, 2.75) is 19.4 Å². The average Bonchev–Trinajstić information content (AvgIpc) is 2.85. The van der Waals surface area contributed by atoms with Crippen molar-refractivity contribution in [1.82, 2.24) is 0 Å². The van der Waals surface area contributed by atoms with Crippen molar-refractivity contribution in [2.24, 2.45) is 5.92 Å². The number of hydrogen-bond acceptors (Lipinski definition) is 2. The molecule has 14 heavy (non-hydrogen) atoms. The normalized spacial score (nSPS) is 24.1. The zero-order chi connectivity index (χ0) is 10.1. The molecule has 3 heteroatoms. The number of nitrogens with one attached hydrogen (secondary N) is 1. The van der Waals surface area contributed by atoms with Crippen molar-refractivity contribution in [2.75, 3.05) is 5.32 Å². The third-order valence-electron chi connectivity index (χ3n) is 2.55. The Morgan fingerprint density at radius 2 is 2.29 bits per heavy atom. The monoisotopic (exact) mass is 190 g/mol. The molecular weight excluding hydrogens is 179 g/mol. The summed E-state index contributed by atoms with van der Waals surface area (Å²) in [5.41, 5.74) is 0.857. The molecule has 0 spiro atoms. The highest BCUT2D eigenvalue weighted by molar-refractivity contribution is 5.50. The van der Waals surface area contributed by atoms with Crippen molar-refractivity contribution < 1.29 is 4.39 Å². The minimum atomic E-state index is -0.344. The lowest BCUT2D eigenvalue weighted by Crippen LogP contribution is -2.05. The van der Waals surface area contributed by atoms with E-state index >= 15 is 0 Å². The lowest BCUT2D eigenvalue weighted by molar-refractivity contribution is 0.629. The maximum Gasteiger partial charge on any atom is 0.147 e. The highest BCUT2D eigenvalue weighted by atomic mass is 19.1. The smallest absolute Gasteiger partial charge is 0.147 e. The number of halogens is 1. The van der Waals surface area contributed by atoms with Crippen LogP contribution in [0, 0.1) is 23.1 Å². The molecule has 2 nitrogen and oxygen atoms in total. The van der Waals surface area contributed by atoms with Gasteiger partial charge < -0.3 is 5.32 Å². The molecule has 1 N–H and O–H groups in total. The van der Waals surface area contributed by atoms with Crippen molar-refractivity contribution in [3.63, 3.8) is 0 Å². The average molecular weight is 190 g/mol. The number of anilines is 1. The van der Waals surface area contributed by atoms with E-state index in [9.17, 15) is 4.39 Å². The summed E-state index contributed by atoms with van der Waals surface area (Å²) in [6.45, 7) is 2.12. The van der Waals surface area contributed by atoms with E-state index in [-0.39, 0.29) is 5.82 Å². The number of rotatable bonds is 2. The summed E-state index contributed by atoms with van der Waals surface area (Å²) in [4.78, 5) is 0. The molecule has 1 aromatic rings. The lowest BCUT2D eigenvalue weighted by atomic mass is 10.2. The maximum absolute atomic E-state index is 13.3. The van der Waals surface area contributed by atoms with Gasteiger partial charge in [0.1, 0.15) is 5.82 Å². The van der Waals surface area contributed by atoms with Crippen molar-refractivity contribution in [3.8, 4) is 6.07 Å². The largest absolute Gasteiger partial charge is 0.380 e. The van der Waals surface area contributed by atoms with E-state index in [0.29, 0.717) is 23.2 Å². The molecule has 1 aliphatic carbocycles. The van der Waals surface area contributed by atoms with E-state index in [1.807, 2.05) is 6.07 Å². The predicted octanol–water partition coefficient (Wildman–Crippen LogP) is 2.52. The van der Waals surface area contributed by atoms with E-state index < -0.39 is 0 Å². The van der Waals surface area contributed by atoms with Crippen LogP contribution in [0.25, 0.3) is 0 Å². The Morgan fingerprint density at radius 3 is 2.79 bits per heavy atom. The van der Waals surface area contributed by atoms with Gasteiger partial charge in [0.15, 0.2) is 0 Å². The molecule has 2 atom stereocenters. The summed E-state index contributed by atoms with van der Waals surface area (Å²) < 4.78 is 13.3. The molecule has 1 aromatic carbocycles. The summed E-state index contributed by atoms with van der Waals surface area (Å²) >= 11 is 0. The summed E-state index contributed by atoms with van der Waals surface area (Å²) in [5, 5.41) is 11.7. The van der Waals surface area contributed by atoms with Crippen LogP contribution in [-0.2, 0) is 0 Å². The highest BCUT2D eigenvalue weighted by Gasteiger charge is 2.32. The van der Waals surface area contributed by atoms with Gasteiger partial charge in [-0.25, -0.2) is 4.39 Å². The van der Waals surface area contributed by atoms with Gasteiger partial charge in [-0.2, -0.15) is 5.26 Å². The van der Waals surface area contributed by atoms with Gasteiger partial charge in [-0.3, -0.25) is 0 Å². The molecule has 72 valence electrons. The van der Waals surface area contributed by atoms with Gasteiger partial charge in [-0.15, -0.1) is 0 Å². The van der Waals surface area contributed by atoms with E-state index in [4.69, 9.17) is 5.26 Å². The van der Waals surface area contributed by atoms with Crippen LogP contribution in [0.4, 0.5) is 10.1 Å². The zero-order valence-corrected chi connectivity index (χ0v) is 7.92. The first-order chi connectivity index (χ1) is 6.70. The lowest BCUT2D eigenvalue weighted by Gasteiger charge is -2.05. The van der Waals surface area contributed by atoms with Gasteiger partial charge in [0.2, 0.25) is 0 Å². The van der Waals surface area contributed by atoms with Crippen molar-refractivity contribution in [1.29, 1.82) is 5.26 Å². The Morgan fingerprint density at radius 1 is 1.57 bits per heavy atom. The van der Waals surface area contributed by atoms with Crippen LogP contribution in [0.5, 0.6) is 0 Å². The Bertz CT molecular complexity index is 395. The topological polar surface area (TPSA) is 35.8 Å². The number of nitriles is 1. The van der Waals surface area contributed by atoms with Crippen LogP contribution in [0.3, 0.4) is 0 Å². The zero-order valence-electron chi connectivity index (χ0n) is 7.92. The molecule has 2 unspecified atom stereocenters. The van der Waals surface area contributed by atoms with E-state index in [1.165, 1.54) is 6.07 Å². The molecule has 0 saturated heterocycles. The third-order valence-corrected chi connectivity index (χ3v) is 2.55. The van der Waals surface area contributed by atoms with Gasteiger partial charge >= 0.3 is 0 Å². The highest BCUT2D eigenvalue weighted by Crippen LogP contribution is 2.33. The van der Waals surface area contributed by atoms with Gasteiger partial charge in [0, 0.05) is 6.04 Å². The number of hydrogen-bond donors (Lipinski definition) is 1. The first-order valence-corrected chi connectivity index (χ1v) is 4.67. The third kappa shape index (κ3) is 1.69. The van der Waals surface area contributed by atoms with Crippen LogP contribution < -0.4 is 5.32 Å². The SMILES string of the molecule is CC1CC1Nc1ccc(C#N)cc1F. The molecule has 2 rings (SSSR count). The first-order valence-electron chi connectivity index (χ1n) is 4.67. The fraction of sp³-hybridized carbons (Fsp3) is 0.364. The Hall–Kier alpha value is -1.56. The van der Waals surface area contributed by atoms with Crippen LogP contribution in [0.1, 0.15) is 18.9 Å². The van der Waals surface area contributed by atoms with Crippen LogP contribution >= 0.6 is 0 Å². The fourth-order valence-corrected chi connectivity index (χ4v) is 1.42. The molecule has 0 heterocycles. The first kappa shape index (κ1) is 9.01. The molecule has 1 fully saturated rings. The molecule has 0 radical (unpaired) electrons. The molecule has 1 aliphatic rings. The minimum Gasteiger partial charge on any atom is -0.380 e. The van der Waals surface area contributed by atoms with Gasteiger partial charge in [-0.1, -0.05) is 6.92 Å². The Kier molecular flexibility index (Phi) is 2.12. The van der Waals surface area contributed by atoms with Crippen LogP contribution in [0.2, 0.25) is 0 Å². The summed E-state index contributed by atoms with van der Waals surface area (Å²) in [7, 11) is 0. The maximum atomic E-state index is 13.3. The molecule has 1 saturated carbocycles. The van der Waals surface area contributed by atoms with Gasteiger partial charge in [0.25, 0.3) is 0 Å². The standard InChI is InChI=1S/C11H11FN2/c1-7-4-11(7)14-10-3-2-8(6-13)5-9(10)12/h2-3,5,7,11,14H,4H2,1H3. The van der Waals surface area contributed by atoms with E-state index in [1.54, 1.807) is 12.1 Å². The van der Waals surface area contributed by atoms with Crippen LogP contribution in [0.15, 0.2) is 18.2 Å². The molecule has 0 bridgehead atoms.